The fourth-order valence-corrected chi connectivity index (χ4v) is 3.31. The third kappa shape index (κ3) is 4.55. The number of aromatic nitrogens is 1. The lowest BCUT2D eigenvalue weighted by Crippen LogP contribution is -2.21. The summed E-state index contributed by atoms with van der Waals surface area (Å²) in [6, 6.07) is 16.8. The Bertz CT molecular complexity index is 1130. The summed E-state index contributed by atoms with van der Waals surface area (Å²) in [4.78, 5) is 22.1. The molecule has 0 saturated carbocycles. The van der Waals surface area contributed by atoms with Crippen LogP contribution >= 0.6 is 0 Å². The minimum atomic E-state index is -0.110. The van der Waals surface area contributed by atoms with Gasteiger partial charge in [0.25, 0.3) is 5.91 Å². The highest BCUT2D eigenvalue weighted by Crippen LogP contribution is 2.31. The van der Waals surface area contributed by atoms with Gasteiger partial charge in [-0.2, -0.15) is 0 Å². The number of rotatable bonds is 6. The molecule has 1 N–H and O–H groups in total. The van der Waals surface area contributed by atoms with Crippen LogP contribution in [0.3, 0.4) is 0 Å². The Hall–Kier alpha value is -3.74. The molecule has 0 spiro atoms. The molecule has 1 aliphatic rings. The van der Waals surface area contributed by atoms with E-state index in [1.54, 1.807) is 33.3 Å². The van der Waals surface area contributed by atoms with Gasteiger partial charge in [0.05, 0.1) is 13.2 Å². The van der Waals surface area contributed by atoms with E-state index < -0.39 is 0 Å². The maximum Gasteiger partial charge on any atom is 0.253 e. The highest BCUT2D eigenvalue weighted by atomic mass is 16.5. The molecule has 0 radical (unpaired) electrons. The Labute approximate surface area is 181 Å². The molecule has 1 atom stereocenters. The number of carbonyl (C=O) groups excluding carboxylic acids is 1. The fraction of sp³-hybridized carbons (Fsp3) is 0.250. The van der Waals surface area contributed by atoms with Crippen LogP contribution in [0, 0.1) is 0 Å². The number of benzene rings is 2. The summed E-state index contributed by atoms with van der Waals surface area (Å²) in [6.07, 6.45) is 0. The van der Waals surface area contributed by atoms with Crippen molar-refractivity contribution in [2.75, 3.05) is 27.8 Å². The minimum absolute atomic E-state index is 0.110. The molecule has 3 aromatic rings. The smallest absolute Gasteiger partial charge is 0.253 e. The van der Waals surface area contributed by atoms with Gasteiger partial charge >= 0.3 is 0 Å². The molecule has 1 aliphatic heterocycles. The lowest BCUT2D eigenvalue weighted by atomic mass is 10.1. The number of hydrogen-bond acceptors (Lipinski definition) is 5. The molecule has 0 fully saturated rings. The first-order valence-electron chi connectivity index (χ1n) is 10.0. The lowest BCUT2D eigenvalue weighted by Gasteiger charge is -2.14. The van der Waals surface area contributed by atoms with Crippen molar-refractivity contribution in [1.82, 2.24) is 9.88 Å². The third-order valence-corrected chi connectivity index (χ3v) is 4.86. The Morgan fingerprint density at radius 2 is 1.84 bits per heavy atom. The van der Waals surface area contributed by atoms with Gasteiger partial charge in [-0.3, -0.25) is 4.79 Å². The van der Waals surface area contributed by atoms with Crippen molar-refractivity contribution in [3.8, 4) is 28.5 Å². The summed E-state index contributed by atoms with van der Waals surface area (Å²) in [7, 11) is 5.05. The maximum absolute atomic E-state index is 12.7. The zero-order valence-electron chi connectivity index (χ0n) is 18.0. The Morgan fingerprint density at radius 1 is 1.06 bits per heavy atom. The SMILES string of the molecule is COc1cccc(Oc2cc(C(=O)N(C)C)cc(-c3ccc(C4=N[C@H](C)CO4)[nH]3)c2)c1. The van der Waals surface area contributed by atoms with Gasteiger partial charge in [0.1, 0.15) is 29.5 Å². The van der Waals surface area contributed by atoms with Crippen molar-refractivity contribution in [1.29, 1.82) is 0 Å². The molecule has 7 heteroatoms. The molecule has 0 aliphatic carbocycles. The second-order valence-electron chi connectivity index (χ2n) is 7.61. The molecule has 1 amide bonds. The van der Waals surface area contributed by atoms with E-state index in [1.807, 2.05) is 49.4 Å². The van der Waals surface area contributed by atoms with Crippen LogP contribution in [-0.2, 0) is 4.74 Å². The van der Waals surface area contributed by atoms with E-state index in [4.69, 9.17) is 14.2 Å². The van der Waals surface area contributed by atoms with Gasteiger partial charge in [0, 0.05) is 37.0 Å². The van der Waals surface area contributed by atoms with Crippen molar-refractivity contribution >= 4 is 11.8 Å². The predicted molar refractivity (Wildman–Crippen MR) is 119 cm³/mol. The number of carbonyl (C=O) groups is 1. The molecule has 1 aromatic heterocycles. The van der Waals surface area contributed by atoms with Gasteiger partial charge in [-0.25, -0.2) is 4.99 Å². The van der Waals surface area contributed by atoms with Crippen LogP contribution in [0.5, 0.6) is 17.2 Å². The van der Waals surface area contributed by atoms with Crippen LogP contribution in [0.2, 0.25) is 0 Å². The first-order valence-corrected chi connectivity index (χ1v) is 10.0. The molecule has 2 aromatic carbocycles. The van der Waals surface area contributed by atoms with E-state index in [-0.39, 0.29) is 11.9 Å². The largest absolute Gasteiger partial charge is 0.497 e. The second-order valence-corrected chi connectivity index (χ2v) is 7.61. The number of nitrogens with zero attached hydrogens (tertiary/aromatic N) is 2. The third-order valence-electron chi connectivity index (χ3n) is 4.86. The van der Waals surface area contributed by atoms with E-state index in [1.165, 1.54) is 4.90 Å². The lowest BCUT2D eigenvalue weighted by molar-refractivity contribution is 0.0827. The highest BCUT2D eigenvalue weighted by molar-refractivity contribution is 5.96. The van der Waals surface area contributed by atoms with Crippen LogP contribution < -0.4 is 9.47 Å². The molecule has 0 saturated heterocycles. The number of H-pyrrole nitrogens is 1. The number of nitrogens with one attached hydrogen (secondary N) is 1. The van der Waals surface area contributed by atoms with Gasteiger partial charge in [0.2, 0.25) is 5.90 Å². The summed E-state index contributed by atoms with van der Waals surface area (Å²) in [5.74, 6) is 2.36. The van der Waals surface area contributed by atoms with Gasteiger partial charge in [0.15, 0.2) is 0 Å². The van der Waals surface area contributed by atoms with Crippen LogP contribution in [0.15, 0.2) is 59.6 Å². The monoisotopic (exact) mass is 419 g/mol. The Kier molecular flexibility index (Phi) is 5.66. The number of ether oxygens (including phenoxy) is 3. The highest BCUT2D eigenvalue weighted by Gasteiger charge is 2.19. The van der Waals surface area contributed by atoms with E-state index in [2.05, 4.69) is 9.98 Å². The van der Waals surface area contributed by atoms with Gasteiger partial charge < -0.3 is 24.1 Å². The number of methoxy groups -OCH3 is 1. The Morgan fingerprint density at radius 3 is 2.55 bits per heavy atom. The van der Waals surface area contributed by atoms with Crippen LogP contribution in [0.25, 0.3) is 11.3 Å². The molecular formula is C24H25N3O4. The van der Waals surface area contributed by atoms with Crippen molar-refractivity contribution < 1.29 is 19.0 Å². The van der Waals surface area contributed by atoms with Gasteiger partial charge in [-0.15, -0.1) is 0 Å². The zero-order valence-corrected chi connectivity index (χ0v) is 18.0. The molecule has 0 bridgehead atoms. The standard InChI is InChI=1S/C24H25N3O4/c1-15-14-30-23(25-15)22-9-8-21(26-22)16-10-17(24(28)27(2)3)12-20(11-16)31-19-7-5-6-18(13-19)29-4/h5-13,15,26H,14H2,1-4H3/t15-/m1/s1. The molecule has 160 valence electrons. The normalized spacial score (nSPS) is 15.2. The first kappa shape index (κ1) is 20.5. The van der Waals surface area contributed by atoms with E-state index >= 15 is 0 Å². The zero-order chi connectivity index (χ0) is 22.0. The Balaban J connectivity index is 1.71. The summed E-state index contributed by atoms with van der Waals surface area (Å²) >= 11 is 0. The van der Waals surface area contributed by atoms with Crippen molar-refractivity contribution in [3.05, 3.63) is 65.9 Å². The second kappa shape index (κ2) is 8.55. The number of hydrogen-bond donors (Lipinski definition) is 1. The number of aliphatic imine (C=N–C) groups is 1. The van der Waals surface area contributed by atoms with Gasteiger partial charge in [-0.05, 0) is 49.4 Å². The molecule has 2 heterocycles. The fourth-order valence-electron chi connectivity index (χ4n) is 3.31. The van der Waals surface area contributed by atoms with Crippen molar-refractivity contribution in [3.63, 3.8) is 0 Å². The summed E-state index contributed by atoms with van der Waals surface area (Å²) < 4.78 is 17.0. The van der Waals surface area contributed by atoms with Gasteiger partial charge in [-0.1, -0.05) is 6.07 Å². The van der Waals surface area contributed by atoms with Crippen molar-refractivity contribution in [2.45, 2.75) is 13.0 Å². The molecule has 4 rings (SSSR count). The average Bonchev–Trinajstić information content (AvgIpc) is 3.42. The van der Waals surface area contributed by atoms with E-state index in [9.17, 15) is 4.79 Å². The van der Waals surface area contributed by atoms with E-state index in [0.29, 0.717) is 35.3 Å². The number of amides is 1. The first-order chi connectivity index (χ1) is 14.9. The maximum atomic E-state index is 12.7. The molecule has 0 unspecified atom stereocenters. The predicted octanol–water partition coefficient (Wildman–Crippen LogP) is 4.35. The molecular weight excluding hydrogens is 394 g/mol. The topological polar surface area (TPSA) is 76.2 Å². The molecule has 7 nitrogen and oxygen atoms in total. The van der Waals surface area contributed by atoms with Crippen LogP contribution in [0.1, 0.15) is 23.0 Å². The van der Waals surface area contributed by atoms with Crippen LogP contribution in [-0.4, -0.2) is 55.5 Å². The number of aromatic amines is 1. The summed E-state index contributed by atoms with van der Waals surface area (Å²) in [5, 5.41) is 0. The minimum Gasteiger partial charge on any atom is -0.497 e. The van der Waals surface area contributed by atoms with Crippen molar-refractivity contribution in [2.24, 2.45) is 4.99 Å². The molecule has 31 heavy (non-hydrogen) atoms. The quantitative estimate of drug-likeness (QED) is 0.645. The van der Waals surface area contributed by atoms with Crippen LogP contribution in [0.4, 0.5) is 0 Å². The summed E-state index contributed by atoms with van der Waals surface area (Å²) in [5.41, 5.74) is 2.99. The van der Waals surface area contributed by atoms with E-state index in [0.717, 1.165) is 17.0 Å². The summed E-state index contributed by atoms with van der Waals surface area (Å²) in [6.45, 7) is 2.59. The average molecular weight is 419 g/mol.